The van der Waals surface area contributed by atoms with Gasteiger partial charge in [0.2, 0.25) is 34.5 Å². The molecule has 2 aliphatic heterocycles. The number of nitrogens with one attached hydrogen (secondary N) is 2. The van der Waals surface area contributed by atoms with Crippen LogP contribution in [-0.4, -0.2) is 208 Å². The van der Waals surface area contributed by atoms with Gasteiger partial charge in [-0.25, -0.2) is 34.6 Å². The van der Waals surface area contributed by atoms with Crippen molar-refractivity contribution in [1.82, 2.24) is 54.9 Å². The first-order chi connectivity index (χ1) is 56.9. The van der Waals surface area contributed by atoms with Crippen molar-refractivity contribution < 1.29 is 215 Å². The number of hydrogen-bond acceptors (Lipinski definition) is 20. The maximum Gasteiger partial charge on any atom is 0.422 e. The monoisotopic (exact) mass is 1850 g/mol. The topological polar surface area (TPSA) is 250 Å². The van der Waals surface area contributed by atoms with Crippen molar-refractivity contribution in [3.05, 3.63) is 60.3 Å². The second-order valence-corrected chi connectivity index (χ2v) is 25.2. The minimum atomic E-state index is -6.09. The molecule has 23 nitrogen and oxygen atoms in total. The Bertz CT molecular complexity index is 5610. The van der Waals surface area contributed by atoms with E-state index >= 15 is 0 Å². The summed E-state index contributed by atoms with van der Waals surface area (Å²) < 4.78 is 585. The Hall–Kier alpha value is -12.3. The summed E-state index contributed by atoms with van der Waals surface area (Å²) in [6, 6.07) is 10.4. The highest BCUT2D eigenvalue weighted by Crippen LogP contribution is 2.63. The lowest BCUT2D eigenvalue weighted by Gasteiger charge is -2.24. The van der Waals surface area contributed by atoms with E-state index in [2.05, 4.69) is 73.6 Å². The fourth-order valence-electron chi connectivity index (χ4n) is 11.1. The molecule has 8 bridgehead atoms. The Labute approximate surface area is 658 Å². The first-order valence-electron chi connectivity index (χ1n) is 32.9. The van der Waals surface area contributed by atoms with Crippen molar-refractivity contribution in [1.29, 1.82) is 0 Å². The quantitative estimate of drug-likeness (QED) is 0.0454. The molecule has 2 N–H and O–H groups in total. The zero-order chi connectivity index (χ0) is 91.6. The zero-order valence-electron chi connectivity index (χ0n) is 59.4. The fourth-order valence-corrected chi connectivity index (χ4v) is 11.1. The predicted molar refractivity (Wildman–Crippen MR) is 339 cm³/mol. The highest BCUT2D eigenvalue weighted by Gasteiger charge is 2.48. The molecular weight excluding hydrogens is 1810 g/mol. The van der Waals surface area contributed by atoms with E-state index in [4.69, 9.17) is 28.4 Å². The predicted octanol–water partition coefficient (Wildman–Crippen LogP) is 19.5. The van der Waals surface area contributed by atoms with Crippen LogP contribution in [-0.2, 0) is 6.54 Å². The van der Waals surface area contributed by atoms with Crippen molar-refractivity contribution in [2.45, 2.75) is 80.7 Å². The second kappa shape index (κ2) is 33.4. The van der Waals surface area contributed by atoms with Gasteiger partial charge >= 0.3 is 74.1 Å². The van der Waals surface area contributed by atoms with Crippen LogP contribution in [0, 0.1) is 0 Å². The van der Waals surface area contributed by atoms with Gasteiger partial charge in [-0.3, -0.25) is 0 Å². The van der Waals surface area contributed by atoms with Crippen LogP contribution in [0.2, 0.25) is 0 Å². The van der Waals surface area contributed by atoms with Crippen molar-refractivity contribution in [2.24, 2.45) is 0 Å². The normalized spacial score (nSPS) is 13.4. The smallest absolute Gasteiger partial charge is 0.422 e. The highest BCUT2D eigenvalue weighted by atomic mass is 19.5. The van der Waals surface area contributed by atoms with Crippen LogP contribution in [0.1, 0.15) is 5.56 Å². The van der Waals surface area contributed by atoms with E-state index in [0.29, 0.717) is 5.56 Å². The Kier molecular flexibility index (Phi) is 24.9. The van der Waals surface area contributed by atoms with Crippen molar-refractivity contribution in [3.63, 3.8) is 0 Å². The molecule has 11 rings (SSSR count). The van der Waals surface area contributed by atoms with Gasteiger partial charge in [0.15, 0.2) is 137 Å². The van der Waals surface area contributed by atoms with Gasteiger partial charge in [0.05, 0.1) is 45.8 Å². The molecule has 5 aromatic carbocycles. The molecule has 676 valence electrons. The second-order valence-electron chi connectivity index (χ2n) is 25.2. The molecule has 0 radical (unpaired) electrons. The summed E-state index contributed by atoms with van der Waals surface area (Å²) in [6.45, 7) is -37.2. The van der Waals surface area contributed by atoms with E-state index in [1.807, 2.05) is 0 Å². The number of benzene rings is 5. The average Bonchev–Trinajstić information content (AvgIpc) is 1.55. The molecule has 6 heterocycles. The molecule has 0 unspecified atom stereocenters. The van der Waals surface area contributed by atoms with Gasteiger partial charge in [0.1, 0.15) is 28.3 Å². The van der Waals surface area contributed by atoms with E-state index in [0.717, 1.165) is 29.1 Å². The number of halogens is 36. The SMILES string of the molecule is FC(F)(F)COc1c(OCC(F)(F)F)c(OCC(F)(F)F)c2c(c1OCC(F)(F)F)-c1nc-2nc2[nH]c(nc3nc(nc4[nH]c(n1)c1ccc(-c5cn(Cc6ccccc6)nn5)cc41)-c1c(OCC(F)(F)F)c(OCC(F)(F)F)c(OCC(F)(F)F)c(OCC(F)(F)F)c1-3)c1c(OCC(F)(F)F)c(OCC(F)(F)F)c(OCC(F)(F)F)c(OCC(F)(F)F)c21. The molecule has 2 aliphatic rings. The average molecular weight is 1850 g/mol. The summed E-state index contributed by atoms with van der Waals surface area (Å²) >= 11 is 0. The molecule has 0 fully saturated rings. The van der Waals surface area contributed by atoms with Crippen LogP contribution in [0.3, 0.4) is 0 Å². The number of nitrogens with zero attached hydrogens (tertiary/aromatic N) is 9. The minimum Gasteiger partial charge on any atom is -0.479 e. The molecule has 9 aromatic rings. The van der Waals surface area contributed by atoms with Gasteiger partial charge in [-0.2, -0.15) is 158 Å². The summed E-state index contributed by atoms with van der Waals surface area (Å²) in [7, 11) is 0. The summed E-state index contributed by atoms with van der Waals surface area (Å²) in [4.78, 5) is 27.5. The Balaban J connectivity index is 1.51. The number of rotatable bonds is 27. The van der Waals surface area contributed by atoms with E-state index in [9.17, 15) is 158 Å². The molecule has 0 saturated heterocycles. The van der Waals surface area contributed by atoms with Gasteiger partial charge in [-0.05, 0) is 17.7 Å². The van der Waals surface area contributed by atoms with E-state index in [1.165, 1.54) is 0 Å². The number of aromatic nitrogens is 11. The van der Waals surface area contributed by atoms with Crippen LogP contribution in [0.15, 0.2) is 54.7 Å². The molecule has 0 amide bonds. The minimum absolute atomic E-state index is 0.137. The highest BCUT2D eigenvalue weighted by molar-refractivity contribution is 6.15. The molecular formula is C65H37F36N11O12. The zero-order valence-corrected chi connectivity index (χ0v) is 59.4. The van der Waals surface area contributed by atoms with Crippen LogP contribution < -0.4 is 56.8 Å². The third kappa shape index (κ3) is 23.7. The van der Waals surface area contributed by atoms with Gasteiger partial charge < -0.3 is 66.8 Å². The number of hydrogen-bond donors (Lipinski definition) is 2. The third-order valence-electron chi connectivity index (χ3n) is 15.2. The Morgan fingerprint density at radius 1 is 0.258 bits per heavy atom. The van der Waals surface area contributed by atoms with Gasteiger partial charge in [0, 0.05) is 16.3 Å². The molecule has 0 spiro atoms. The lowest BCUT2D eigenvalue weighted by molar-refractivity contribution is -0.162. The first kappa shape index (κ1) is 92.4. The number of aromatic amines is 2. The Morgan fingerprint density at radius 2 is 0.500 bits per heavy atom. The van der Waals surface area contributed by atoms with E-state index in [1.54, 1.807) is 35.3 Å². The molecule has 0 atom stereocenters. The van der Waals surface area contributed by atoms with Gasteiger partial charge in [-0.1, -0.05) is 41.6 Å². The molecule has 59 heteroatoms. The summed E-state index contributed by atoms with van der Waals surface area (Å²) in [6.07, 6.45) is -70.8. The van der Waals surface area contributed by atoms with Crippen molar-refractivity contribution in [3.8, 4) is 126 Å². The molecule has 124 heavy (non-hydrogen) atoms. The van der Waals surface area contributed by atoms with Crippen LogP contribution in [0.5, 0.6) is 69.0 Å². The first-order valence-corrected chi connectivity index (χ1v) is 32.9. The largest absolute Gasteiger partial charge is 0.479 e. The molecule has 4 aromatic heterocycles. The number of fused-ring (bicyclic) bond motifs is 20. The van der Waals surface area contributed by atoms with Gasteiger partial charge in [0.25, 0.3) is 0 Å². The Morgan fingerprint density at radius 3 is 0.782 bits per heavy atom. The summed E-state index contributed by atoms with van der Waals surface area (Å²) in [5.41, 5.74) is -14.7. The van der Waals surface area contributed by atoms with Crippen molar-refractivity contribution in [2.75, 3.05) is 79.3 Å². The maximum absolute atomic E-state index is 14.8. The summed E-state index contributed by atoms with van der Waals surface area (Å²) in [5.74, 6) is -36.9. The number of H-pyrrole nitrogens is 2. The van der Waals surface area contributed by atoms with Crippen LogP contribution in [0.4, 0.5) is 158 Å². The molecule has 0 aliphatic carbocycles. The molecule has 0 saturated carbocycles. The standard InChI is InChI=1S/C65H37F36N11O12/c66-54(67,68)11-113-34-28-30(36(115-13-56(72,73)74)42(121-19-62(90,91)92)40(34)119-17-60(84,85)86)50-105-48(28)103-46-25-7-6-24(27-10-112(111-110-27)9-23-4-2-1-3-5-23)8-26(25)47(102-46)104-49-29-31(37(116-14-57(75,76)77)43(122-20-63(93,94)95)41(120-18-61(87,88)89)35(29)114-12-55(69,70)71)51(106-49)108-53-33-32(52(107-50)109-53)38(117-15-58(78,79)80)44(123-21-64(96,97)98)45(124-22-65(99,100)101)39(33)118-16-59(81,82)83/h1-8,10H,9,11-22H2,(H2,102,103,104,105,106,107,108,109). The summed E-state index contributed by atoms with van der Waals surface area (Å²) in [5, 5.41) is 2.04. The van der Waals surface area contributed by atoms with Crippen LogP contribution >= 0.6 is 0 Å². The van der Waals surface area contributed by atoms with Crippen molar-refractivity contribution >= 4 is 44.1 Å². The maximum atomic E-state index is 14.8. The van der Waals surface area contributed by atoms with E-state index in [-0.39, 0.29) is 17.8 Å². The lowest BCUT2D eigenvalue weighted by atomic mass is 10.0. The van der Waals surface area contributed by atoms with Crippen LogP contribution in [0.25, 0.3) is 101 Å². The number of alkyl halides is 36. The third-order valence-corrected chi connectivity index (χ3v) is 15.2. The fraction of sp³-hybridized carbons (Fsp3) is 0.385. The van der Waals surface area contributed by atoms with Gasteiger partial charge in [-0.15, -0.1) is 5.10 Å². The number of ether oxygens (including phenoxy) is 12. The van der Waals surface area contributed by atoms with E-state index < -0.39 is 312 Å². The lowest BCUT2D eigenvalue weighted by Crippen LogP contribution is -2.25.